The van der Waals surface area contributed by atoms with Crippen LogP contribution >= 0.6 is 0 Å². The molecule has 0 radical (unpaired) electrons. The summed E-state index contributed by atoms with van der Waals surface area (Å²) >= 11 is 0. The van der Waals surface area contributed by atoms with Crippen molar-refractivity contribution in [2.75, 3.05) is 8.61 Å². The van der Waals surface area contributed by atoms with E-state index in [1.165, 1.54) is 20.7 Å². The highest BCUT2D eigenvalue weighted by Gasteiger charge is 2.44. The second-order valence-electron chi connectivity index (χ2n) is 9.86. The Balaban J connectivity index is 0.000000175. The van der Waals surface area contributed by atoms with Crippen LogP contribution < -0.4 is 19.6 Å². The first-order valence-corrected chi connectivity index (χ1v) is 16.2. The highest BCUT2D eigenvalue weighted by atomic mass is 32.2. The molecule has 44 heavy (non-hydrogen) atoms. The Kier molecular flexibility index (Phi) is 8.69. The number of hydrogen-bond acceptors (Lipinski definition) is 8. The van der Waals surface area contributed by atoms with E-state index in [2.05, 4.69) is 0 Å². The van der Waals surface area contributed by atoms with Gasteiger partial charge in [0.05, 0.1) is 46.1 Å². The first kappa shape index (κ1) is 30.7. The van der Waals surface area contributed by atoms with Gasteiger partial charge in [0.15, 0.2) is 0 Å². The summed E-state index contributed by atoms with van der Waals surface area (Å²) in [6.07, 6.45) is -0.330. The predicted molar refractivity (Wildman–Crippen MR) is 160 cm³/mol. The smallest absolute Gasteiger partial charge is 0.265 e. The lowest BCUT2D eigenvalue weighted by Gasteiger charge is -2.25. The number of hydrogen-bond donors (Lipinski definition) is 4. The van der Waals surface area contributed by atoms with Crippen LogP contribution in [0.1, 0.15) is 36.1 Å². The van der Waals surface area contributed by atoms with Crippen LogP contribution in [0.15, 0.2) is 119 Å². The number of amides is 2. The molecule has 6 rings (SSSR count). The zero-order valence-corrected chi connectivity index (χ0v) is 24.6. The third kappa shape index (κ3) is 5.63. The van der Waals surface area contributed by atoms with E-state index in [1.807, 2.05) is 0 Å². The van der Waals surface area contributed by atoms with Crippen molar-refractivity contribution >= 4 is 43.2 Å². The minimum Gasteiger partial charge on any atom is -0.289 e. The lowest BCUT2D eigenvalue weighted by molar-refractivity contribution is -0.130. The van der Waals surface area contributed by atoms with Crippen molar-refractivity contribution in [3.8, 4) is 0 Å². The quantitative estimate of drug-likeness (QED) is 0.183. The van der Waals surface area contributed by atoms with E-state index in [-0.39, 0.29) is 22.6 Å². The van der Waals surface area contributed by atoms with Gasteiger partial charge in [-0.3, -0.25) is 28.6 Å². The Morgan fingerprint density at radius 3 is 1.20 bits per heavy atom. The van der Waals surface area contributed by atoms with E-state index in [0.29, 0.717) is 22.5 Å². The van der Waals surface area contributed by atoms with E-state index in [0.717, 1.165) is 0 Å². The number of fused-ring (bicyclic) bond motifs is 2. The maximum Gasteiger partial charge on any atom is 0.265 e. The summed E-state index contributed by atoms with van der Waals surface area (Å²) in [5, 5.41) is 17.5. The molecule has 12 nitrogen and oxygen atoms in total. The molecule has 228 valence electrons. The second-order valence-corrected chi connectivity index (χ2v) is 13.4. The van der Waals surface area contributed by atoms with Gasteiger partial charge in [0.1, 0.15) is 0 Å². The van der Waals surface area contributed by atoms with Crippen LogP contribution in [-0.4, -0.2) is 39.1 Å². The molecule has 2 heterocycles. The fraction of sp³-hybridized carbons (Fsp3) is 0.133. The zero-order valence-electron chi connectivity index (χ0n) is 23.0. The normalized spacial score (nSPS) is 18.8. The van der Waals surface area contributed by atoms with Crippen molar-refractivity contribution < 1.29 is 36.8 Å². The monoisotopic (exact) mass is 636 g/mol. The van der Waals surface area contributed by atoms with E-state index in [4.69, 9.17) is 10.4 Å². The number of nitrogens with zero attached hydrogens (tertiary/aromatic N) is 2. The minimum atomic E-state index is -3.73. The van der Waals surface area contributed by atoms with Crippen LogP contribution in [0.4, 0.5) is 11.4 Å². The van der Waals surface area contributed by atoms with Crippen LogP contribution in [0.3, 0.4) is 0 Å². The van der Waals surface area contributed by atoms with Gasteiger partial charge in [-0.15, -0.1) is 0 Å². The molecule has 0 aliphatic carbocycles. The highest BCUT2D eigenvalue weighted by Crippen LogP contribution is 2.45. The fourth-order valence-electron chi connectivity index (χ4n) is 5.40. The fourth-order valence-corrected chi connectivity index (χ4v) is 9.17. The van der Waals surface area contributed by atoms with Crippen LogP contribution in [0, 0.1) is 0 Å². The van der Waals surface area contributed by atoms with Crippen LogP contribution in [0.5, 0.6) is 0 Å². The van der Waals surface area contributed by atoms with Crippen LogP contribution in [0.25, 0.3) is 0 Å². The van der Waals surface area contributed by atoms with Gasteiger partial charge in [-0.25, -0.2) is 27.8 Å². The average Bonchev–Trinajstić information content (AvgIpc) is 3.40. The van der Waals surface area contributed by atoms with E-state index >= 15 is 0 Å². The maximum absolute atomic E-state index is 12.8. The molecule has 0 spiro atoms. The Hall–Kier alpha value is -4.76. The van der Waals surface area contributed by atoms with Crippen LogP contribution in [0.2, 0.25) is 0 Å². The van der Waals surface area contributed by atoms with Gasteiger partial charge in [-0.1, -0.05) is 72.8 Å². The predicted octanol–water partition coefficient (Wildman–Crippen LogP) is 3.66. The lowest BCUT2D eigenvalue weighted by Crippen LogP contribution is -2.32. The first-order valence-electron chi connectivity index (χ1n) is 13.3. The molecule has 0 saturated heterocycles. The van der Waals surface area contributed by atoms with Gasteiger partial charge < -0.3 is 0 Å². The Morgan fingerprint density at radius 2 is 0.864 bits per heavy atom. The Morgan fingerprint density at radius 1 is 0.545 bits per heavy atom. The van der Waals surface area contributed by atoms with Crippen molar-refractivity contribution in [3.05, 3.63) is 120 Å². The minimum absolute atomic E-state index is 0.165. The molecule has 0 fully saturated rings. The number of rotatable bonds is 6. The van der Waals surface area contributed by atoms with Crippen molar-refractivity contribution in [2.45, 2.75) is 34.7 Å². The first-order chi connectivity index (χ1) is 21.1. The van der Waals surface area contributed by atoms with Gasteiger partial charge in [0.2, 0.25) is 11.8 Å². The highest BCUT2D eigenvalue weighted by molar-refractivity contribution is 7.93. The molecule has 4 aromatic rings. The molecule has 0 aromatic heterocycles. The van der Waals surface area contributed by atoms with Crippen molar-refractivity contribution in [3.63, 3.8) is 0 Å². The summed E-state index contributed by atoms with van der Waals surface area (Å²) < 4.78 is 53.6. The number of sulfonamides is 2. The van der Waals surface area contributed by atoms with Crippen molar-refractivity contribution in [1.29, 1.82) is 0 Å². The van der Waals surface area contributed by atoms with E-state index in [1.54, 1.807) is 108 Å². The number of para-hydroxylation sites is 2. The van der Waals surface area contributed by atoms with Crippen LogP contribution in [-0.2, 0) is 29.6 Å². The molecule has 2 atom stereocenters. The molecular weight excluding hydrogens is 608 g/mol. The van der Waals surface area contributed by atoms with Gasteiger partial charge in [-0.05, 0) is 47.5 Å². The summed E-state index contributed by atoms with van der Waals surface area (Å²) in [4.78, 5) is 23.5. The van der Waals surface area contributed by atoms with Gasteiger partial charge >= 0.3 is 0 Å². The third-order valence-corrected chi connectivity index (χ3v) is 11.0. The van der Waals surface area contributed by atoms with Gasteiger partial charge in [0, 0.05) is 0 Å². The number of benzene rings is 4. The molecule has 14 heteroatoms. The van der Waals surface area contributed by atoms with E-state index in [9.17, 15) is 26.4 Å². The molecule has 2 amide bonds. The van der Waals surface area contributed by atoms with Crippen molar-refractivity contribution in [2.24, 2.45) is 0 Å². The lowest BCUT2D eigenvalue weighted by atomic mass is 10.0. The molecule has 0 bridgehead atoms. The maximum atomic E-state index is 12.8. The zero-order chi connectivity index (χ0) is 31.5. The van der Waals surface area contributed by atoms with E-state index < -0.39 is 43.9 Å². The largest absolute Gasteiger partial charge is 0.289 e. The molecule has 2 aliphatic rings. The second kappa shape index (κ2) is 12.5. The summed E-state index contributed by atoms with van der Waals surface area (Å²) in [6, 6.07) is 29.0. The number of hydroxylamine groups is 2. The van der Waals surface area contributed by atoms with Gasteiger partial charge in [0.25, 0.3) is 20.0 Å². The number of nitrogens with one attached hydrogen (secondary N) is 2. The summed E-state index contributed by atoms with van der Waals surface area (Å²) in [7, 11) is -7.46. The molecule has 0 unspecified atom stereocenters. The van der Waals surface area contributed by atoms with Crippen molar-refractivity contribution in [1.82, 2.24) is 11.0 Å². The Bertz CT molecular complexity index is 1750. The third-order valence-electron chi connectivity index (χ3n) is 7.22. The Labute approximate surface area is 254 Å². The SMILES string of the molecule is O=C(C[C@@H]1c2ccccc2S(=O)(=O)N1c1ccccc1)NO.O=C(C[C@H]1c2ccccc2S(=O)(=O)N1c1ccccc1)NO. The van der Waals surface area contributed by atoms with Gasteiger partial charge in [-0.2, -0.15) is 0 Å². The summed E-state index contributed by atoms with van der Waals surface area (Å²) in [6.45, 7) is 0. The molecule has 4 N–H and O–H groups in total. The molecular formula is C30H28N4O8S2. The number of anilines is 2. The molecule has 4 aromatic carbocycles. The summed E-state index contributed by atoms with van der Waals surface area (Å²) in [5.41, 5.74) is 5.19. The topological polar surface area (TPSA) is 173 Å². The molecule has 2 aliphatic heterocycles. The average molecular weight is 637 g/mol. The summed E-state index contributed by atoms with van der Waals surface area (Å²) in [5.74, 6) is -1.28. The standard InChI is InChI=1S/2C15H14N2O4S/c2*18-15(16-19)10-13-12-8-4-5-9-14(12)22(20,21)17(13)11-6-2-1-3-7-11/h2*1-9,13,19H,10H2,(H,16,18)/t2*13-/m10/s1. The number of carbonyl (C=O) groups is 2. The molecule has 0 saturated carbocycles. The number of carbonyl (C=O) groups excluding carboxylic acids is 2.